The normalized spacial score (nSPS) is 12.5. The Balaban J connectivity index is 1.77. The number of unbranched alkanes of at least 4 members (excludes halogenated alkanes) is 7. The third-order valence-corrected chi connectivity index (χ3v) is 5.38. The van der Waals surface area contributed by atoms with E-state index in [1.165, 1.54) is 32.1 Å². The Bertz CT molecular complexity index is 783. The minimum atomic E-state index is -4.47. The van der Waals surface area contributed by atoms with Crippen LogP contribution in [0, 0.1) is 0 Å². The predicted molar refractivity (Wildman–Crippen MR) is 127 cm³/mol. The van der Waals surface area contributed by atoms with Crippen LogP contribution in [0.2, 0.25) is 0 Å². The summed E-state index contributed by atoms with van der Waals surface area (Å²) < 4.78 is 55.2. The molecule has 190 valence electrons. The van der Waals surface area contributed by atoms with Crippen molar-refractivity contribution in [2.45, 2.75) is 83.9 Å². The van der Waals surface area contributed by atoms with E-state index in [1.54, 1.807) is 36.7 Å². The van der Waals surface area contributed by atoms with E-state index in [2.05, 4.69) is 16.9 Å². The Morgan fingerprint density at radius 3 is 1.97 bits per heavy atom. The smallest absolute Gasteiger partial charge is 0.417 e. The van der Waals surface area contributed by atoms with Crippen molar-refractivity contribution in [3.8, 4) is 22.9 Å². The van der Waals surface area contributed by atoms with Gasteiger partial charge in [0, 0.05) is 24.6 Å². The van der Waals surface area contributed by atoms with Gasteiger partial charge in [0.1, 0.15) is 12.4 Å². The molecule has 1 unspecified atom stereocenters. The van der Waals surface area contributed by atoms with Crippen molar-refractivity contribution in [1.29, 1.82) is 0 Å². The van der Waals surface area contributed by atoms with Gasteiger partial charge in [0.15, 0.2) is 6.10 Å². The number of hydrogen-bond donors (Lipinski definition) is 0. The van der Waals surface area contributed by atoms with Gasteiger partial charge < -0.3 is 14.2 Å². The molecule has 34 heavy (non-hydrogen) atoms. The Labute approximate surface area is 201 Å². The minimum Gasteiger partial charge on any atom is -0.491 e. The summed E-state index contributed by atoms with van der Waals surface area (Å²) in [6.07, 6.45) is 6.77. The van der Waals surface area contributed by atoms with E-state index < -0.39 is 18.9 Å². The fourth-order valence-electron chi connectivity index (χ4n) is 3.28. The van der Waals surface area contributed by atoms with Crippen LogP contribution in [0.25, 0.3) is 11.1 Å². The number of halogens is 3. The maximum absolute atomic E-state index is 13.1. The fraction of sp³-hybridized carbons (Fsp3) is 0.615. The first-order chi connectivity index (χ1) is 16.4. The van der Waals surface area contributed by atoms with Gasteiger partial charge in [-0.2, -0.15) is 13.2 Å². The molecule has 1 atom stereocenters. The van der Waals surface area contributed by atoms with E-state index in [-0.39, 0.29) is 6.61 Å². The van der Waals surface area contributed by atoms with E-state index >= 15 is 0 Å². The van der Waals surface area contributed by atoms with E-state index in [0.717, 1.165) is 30.4 Å². The van der Waals surface area contributed by atoms with Gasteiger partial charge in [0.2, 0.25) is 0 Å². The maximum atomic E-state index is 13.1. The van der Waals surface area contributed by atoms with Crippen LogP contribution < -0.4 is 9.47 Å². The second-order valence-corrected chi connectivity index (χ2v) is 8.31. The van der Waals surface area contributed by atoms with Crippen molar-refractivity contribution < 1.29 is 27.4 Å². The molecule has 1 aromatic carbocycles. The zero-order valence-corrected chi connectivity index (χ0v) is 20.3. The van der Waals surface area contributed by atoms with Crippen LogP contribution in [0.5, 0.6) is 11.8 Å². The van der Waals surface area contributed by atoms with Crippen molar-refractivity contribution in [1.82, 2.24) is 9.97 Å². The molecule has 0 aliphatic heterocycles. The lowest BCUT2D eigenvalue weighted by molar-refractivity contribution is -0.227. The average Bonchev–Trinajstić information content (AvgIpc) is 2.83. The molecule has 0 aliphatic carbocycles. The summed E-state index contributed by atoms with van der Waals surface area (Å²) in [5.41, 5.74) is 1.61. The molecule has 0 saturated heterocycles. The molecule has 8 heteroatoms. The minimum absolute atomic E-state index is 0.0573. The lowest BCUT2D eigenvalue weighted by Crippen LogP contribution is -2.37. The van der Waals surface area contributed by atoms with E-state index in [9.17, 15) is 13.2 Å². The quantitative estimate of drug-likeness (QED) is 0.220. The molecule has 2 rings (SSSR count). The molecule has 0 spiro atoms. The molecule has 0 N–H and O–H groups in total. The summed E-state index contributed by atoms with van der Waals surface area (Å²) >= 11 is 0. The summed E-state index contributed by atoms with van der Waals surface area (Å²) in [4.78, 5) is 8.50. The lowest BCUT2D eigenvalue weighted by atomic mass is 10.1. The molecule has 0 aliphatic rings. The molecule has 2 aromatic rings. The van der Waals surface area contributed by atoms with Gasteiger partial charge in [0.05, 0.1) is 6.61 Å². The molecular weight excluding hydrogens is 445 g/mol. The van der Waals surface area contributed by atoms with Gasteiger partial charge in [-0.25, -0.2) is 9.97 Å². The largest absolute Gasteiger partial charge is 0.491 e. The molecule has 1 heterocycles. The molecule has 0 radical (unpaired) electrons. The van der Waals surface area contributed by atoms with Crippen LogP contribution in [0.4, 0.5) is 13.2 Å². The maximum Gasteiger partial charge on any atom is 0.417 e. The topological polar surface area (TPSA) is 53.5 Å². The number of aromatic nitrogens is 2. The molecule has 1 aromatic heterocycles. The van der Waals surface area contributed by atoms with Gasteiger partial charge in [0.25, 0.3) is 0 Å². The second-order valence-electron chi connectivity index (χ2n) is 8.31. The summed E-state index contributed by atoms with van der Waals surface area (Å²) in [5.74, 6) is 0.340. The molecule has 0 amide bonds. The third kappa shape index (κ3) is 10.7. The first kappa shape index (κ1) is 27.9. The van der Waals surface area contributed by atoms with Gasteiger partial charge in [-0.15, -0.1) is 0 Å². The summed E-state index contributed by atoms with van der Waals surface area (Å²) in [7, 11) is 0. The van der Waals surface area contributed by atoms with Crippen molar-refractivity contribution in [3.63, 3.8) is 0 Å². The Morgan fingerprint density at radius 2 is 1.35 bits per heavy atom. The summed E-state index contributed by atoms with van der Waals surface area (Å²) in [5, 5.41) is 0. The number of alkyl halides is 3. The lowest BCUT2D eigenvalue weighted by Gasteiger charge is -2.21. The highest BCUT2D eigenvalue weighted by Crippen LogP contribution is 2.26. The van der Waals surface area contributed by atoms with Crippen molar-refractivity contribution >= 4 is 0 Å². The molecular formula is C26H37F3N2O3. The second kappa shape index (κ2) is 15.5. The fourth-order valence-corrected chi connectivity index (χ4v) is 3.28. The van der Waals surface area contributed by atoms with E-state index in [4.69, 9.17) is 14.2 Å². The predicted octanol–water partition coefficient (Wildman–Crippen LogP) is 7.40. The van der Waals surface area contributed by atoms with Crippen LogP contribution in [0.3, 0.4) is 0 Å². The number of nitrogens with zero attached hydrogens (tertiary/aromatic N) is 2. The SMILES string of the molecule is CCCCCCCCCOc1ncc(-c2ccc(OCC(OCCCC)C(F)(F)F)cc2)cn1. The van der Waals surface area contributed by atoms with Gasteiger partial charge in [-0.05, 0) is 30.5 Å². The first-order valence-electron chi connectivity index (χ1n) is 12.3. The van der Waals surface area contributed by atoms with Gasteiger partial charge in [-0.3, -0.25) is 0 Å². The first-order valence-corrected chi connectivity index (χ1v) is 12.3. The Hall–Kier alpha value is -2.35. The monoisotopic (exact) mass is 482 g/mol. The van der Waals surface area contributed by atoms with Gasteiger partial charge in [-0.1, -0.05) is 70.9 Å². The van der Waals surface area contributed by atoms with Crippen LogP contribution in [0.15, 0.2) is 36.7 Å². The van der Waals surface area contributed by atoms with Crippen molar-refractivity contribution in [2.75, 3.05) is 19.8 Å². The van der Waals surface area contributed by atoms with E-state index in [1.807, 2.05) is 6.92 Å². The number of rotatable bonds is 17. The van der Waals surface area contributed by atoms with Crippen LogP contribution in [0.1, 0.15) is 71.6 Å². The zero-order chi connectivity index (χ0) is 24.7. The van der Waals surface area contributed by atoms with Crippen molar-refractivity contribution in [2.24, 2.45) is 0 Å². The van der Waals surface area contributed by atoms with E-state index in [0.29, 0.717) is 24.8 Å². The standard InChI is InChI=1S/C26H37F3N2O3/c1-3-5-7-8-9-10-11-17-33-25-30-18-22(19-31-25)21-12-14-23(15-13-21)34-20-24(26(27,28)29)32-16-6-4-2/h12-15,18-19,24H,3-11,16-17,20H2,1-2H3. The molecule has 0 saturated carbocycles. The van der Waals surface area contributed by atoms with Gasteiger partial charge >= 0.3 is 12.2 Å². The number of benzene rings is 1. The zero-order valence-electron chi connectivity index (χ0n) is 20.3. The van der Waals surface area contributed by atoms with Crippen LogP contribution in [-0.2, 0) is 4.74 Å². The highest BCUT2D eigenvalue weighted by atomic mass is 19.4. The van der Waals surface area contributed by atoms with Crippen LogP contribution >= 0.6 is 0 Å². The Morgan fingerprint density at radius 1 is 0.735 bits per heavy atom. The summed E-state index contributed by atoms with van der Waals surface area (Å²) in [6.45, 7) is 4.18. The highest BCUT2D eigenvalue weighted by molar-refractivity contribution is 5.62. The Kier molecular flexibility index (Phi) is 12.7. The molecule has 5 nitrogen and oxygen atoms in total. The number of hydrogen-bond acceptors (Lipinski definition) is 5. The highest BCUT2D eigenvalue weighted by Gasteiger charge is 2.41. The van der Waals surface area contributed by atoms with Crippen molar-refractivity contribution in [3.05, 3.63) is 36.7 Å². The average molecular weight is 483 g/mol. The number of ether oxygens (including phenoxy) is 3. The third-order valence-electron chi connectivity index (χ3n) is 5.38. The molecule has 0 bridgehead atoms. The summed E-state index contributed by atoms with van der Waals surface area (Å²) in [6, 6.07) is 7.11. The molecule has 0 fully saturated rings. The van der Waals surface area contributed by atoms with Crippen LogP contribution in [-0.4, -0.2) is 42.1 Å².